The molecule has 242 valence electrons. The molecular weight excluding hydrogens is 612 g/mol. The lowest BCUT2D eigenvalue weighted by Gasteiger charge is -2.36. The summed E-state index contributed by atoms with van der Waals surface area (Å²) in [5.41, 5.74) is 5.44. The number of carbonyl (C=O) groups excluding carboxylic acids is 2. The Morgan fingerprint density at radius 3 is 2.43 bits per heavy atom. The smallest absolute Gasteiger partial charge is 0.243 e. The Morgan fingerprint density at radius 1 is 0.935 bits per heavy atom. The van der Waals surface area contributed by atoms with Crippen molar-refractivity contribution in [1.82, 2.24) is 25.7 Å². The van der Waals surface area contributed by atoms with E-state index in [1.807, 2.05) is 42.5 Å². The van der Waals surface area contributed by atoms with Crippen molar-refractivity contribution in [2.24, 2.45) is 0 Å². The van der Waals surface area contributed by atoms with E-state index in [2.05, 4.69) is 20.8 Å². The topological polar surface area (TPSA) is 181 Å². The van der Waals surface area contributed by atoms with E-state index in [1.54, 1.807) is 40.5 Å². The van der Waals surface area contributed by atoms with Gasteiger partial charge < -0.3 is 25.0 Å². The number of phenols is 1. The van der Waals surface area contributed by atoms with E-state index in [0.29, 0.717) is 54.4 Å². The number of rotatable bonds is 14. The molecule has 1 fully saturated rings. The maximum absolute atomic E-state index is 12.6. The van der Waals surface area contributed by atoms with E-state index in [9.17, 15) is 19.8 Å². The first kappa shape index (κ1) is 33.0. The predicted molar refractivity (Wildman–Crippen MR) is 168 cm³/mol. The number of hydrogen-bond acceptors (Lipinski definition) is 11. The third-order valence-corrected chi connectivity index (χ3v) is 8.47. The molecule has 14 heteroatoms. The molecule has 0 bridgehead atoms. The fourth-order valence-corrected chi connectivity index (χ4v) is 5.91. The molecule has 0 aliphatic carbocycles. The molecule has 1 aliphatic heterocycles. The van der Waals surface area contributed by atoms with Crippen LogP contribution in [-0.2, 0) is 25.7 Å². The highest BCUT2D eigenvalue weighted by atomic mass is 32.2. The molecule has 0 saturated carbocycles. The molecule has 3 aromatic carbocycles. The summed E-state index contributed by atoms with van der Waals surface area (Å²) >= 11 is 1.44. The predicted octanol–water partition coefficient (Wildman–Crippen LogP) is 4.59. The van der Waals surface area contributed by atoms with Crippen LogP contribution in [0.4, 0.5) is 5.69 Å². The van der Waals surface area contributed by atoms with Gasteiger partial charge in [0.15, 0.2) is 6.29 Å². The van der Waals surface area contributed by atoms with Crippen LogP contribution in [0.1, 0.15) is 67.6 Å². The number of benzene rings is 3. The van der Waals surface area contributed by atoms with Gasteiger partial charge in [0.1, 0.15) is 5.75 Å². The number of hydroxylamine groups is 1. The van der Waals surface area contributed by atoms with Crippen molar-refractivity contribution in [1.29, 1.82) is 0 Å². The number of anilines is 1. The summed E-state index contributed by atoms with van der Waals surface area (Å²) in [7, 11) is 0. The van der Waals surface area contributed by atoms with Crippen LogP contribution in [0.5, 0.6) is 5.75 Å². The first-order valence-corrected chi connectivity index (χ1v) is 15.9. The molecule has 5 rings (SSSR count). The number of aliphatic hydroxyl groups excluding tert-OH is 1. The summed E-state index contributed by atoms with van der Waals surface area (Å²) in [6.45, 7) is -0.0497. The van der Waals surface area contributed by atoms with Gasteiger partial charge in [-0.2, -0.15) is 4.68 Å². The third kappa shape index (κ3) is 9.11. The Bertz CT molecular complexity index is 1580. The van der Waals surface area contributed by atoms with Gasteiger partial charge in [0.05, 0.1) is 24.5 Å². The monoisotopic (exact) mass is 648 g/mol. The Balaban J connectivity index is 1.26. The van der Waals surface area contributed by atoms with Gasteiger partial charge in [-0.15, -0.1) is 5.10 Å². The molecule has 46 heavy (non-hydrogen) atoms. The molecule has 2 amide bonds. The number of tetrazole rings is 1. The van der Waals surface area contributed by atoms with Gasteiger partial charge in [-0.05, 0) is 70.8 Å². The van der Waals surface area contributed by atoms with E-state index in [1.165, 1.54) is 11.8 Å². The minimum absolute atomic E-state index is 0.0497. The van der Waals surface area contributed by atoms with E-state index in [4.69, 9.17) is 14.7 Å². The second kappa shape index (κ2) is 16.3. The molecule has 13 nitrogen and oxygen atoms in total. The Hall–Kier alpha value is -4.34. The van der Waals surface area contributed by atoms with Gasteiger partial charge in [-0.3, -0.25) is 14.8 Å². The van der Waals surface area contributed by atoms with Crippen LogP contribution in [-0.4, -0.2) is 59.3 Å². The summed E-state index contributed by atoms with van der Waals surface area (Å²) in [5.74, 6) is 0.0982. The highest BCUT2D eigenvalue weighted by Crippen LogP contribution is 2.40. The van der Waals surface area contributed by atoms with Crippen molar-refractivity contribution in [3.8, 4) is 11.4 Å². The number of nitrogens with zero attached hydrogens (tertiary/aromatic N) is 4. The van der Waals surface area contributed by atoms with Gasteiger partial charge in [-0.1, -0.05) is 54.6 Å². The van der Waals surface area contributed by atoms with E-state index >= 15 is 0 Å². The van der Waals surface area contributed by atoms with Crippen molar-refractivity contribution in [3.05, 3.63) is 89.5 Å². The first-order chi connectivity index (χ1) is 22.4. The number of carbonyl (C=O) groups is 2. The minimum atomic E-state index is -0.718. The maximum Gasteiger partial charge on any atom is 0.243 e. The van der Waals surface area contributed by atoms with Crippen LogP contribution < -0.4 is 10.8 Å². The summed E-state index contributed by atoms with van der Waals surface area (Å²) < 4.78 is 14.5. The molecular formula is C32H36N6O7S. The number of ether oxygens (including phenoxy) is 2. The number of aliphatic hydroxyl groups is 1. The Kier molecular flexibility index (Phi) is 11.7. The molecule has 0 spiro atoms. The standard InChI is InChI=1S/C32H36N6O7S/c39-19-21-9-11-22(12-10-21)28-18-27(20-46-32-34-36-37-38(32)25-13-15-26(40)16-14-25)44-31(45-28)23-5-4-6-24(17-23)33-29(41)7-2-1-3-8-30(42)35-43/h4-6,9-17,27-28,31,39-40,43H,1-3,7-8,18-20H2,(H,33,41)(H,35,42)/t27-,28+,31+/m1/s1. The van der Waals surface area contributed by atoms with Crippen molar-refractivity contribution >= 4 is 29.3 Å². The second-order valence-corrected chi connectivity index (χ2v) is 11.8. The number of unbranched alkanes of at least 4 members (excludes halogenated alkanes) is 2. The average Bonchev–Trinajstić information content (AvgIpc) is 3.56. The minimum Gasteiger partial charge on any atom is -0.508 e. The first-order valence-electron chi connectivity index (χ1n) is 15.0. The molecule has 0 radical (unpaired) electrons. The van der Waals surface area contributed by atoms with Crippen molar-refractivity contribution < 1.29 is 34.5 Å². The summed E-state index contributed by atoms with van der Waals surface area (Å²) in [4.78, 5) is 23.7. The lowest BCUT2D eigenvalue weighted by molar-refractivity contribution is -0.245. The third-order valence-electron chi connectivity index (χ3n) is 7.42. The molecule has 1 aliphatic rings. The number of aromatic nitrogens is 4. The van der Waals surface area contributed by atoms with Gasteiger partial charge in [0, 0.05) is 36.3 Å². The van der Waals surface area contributed by atoms with Gasteiger partial charge in [0.25, 0.3) is 0 Å². The van der Waals surface area contributed by atoms with Crippen LogP contribution in [0.3, 0.4) is 0 Å². The fourth-order valence-electron chi connectivity index (χ4n) is 5.01. The molecule has 0 unspecified atom stereocenters. The number of thioether (sulfide) groups is 1. The van der Waals surface area contributed by atoms with Crippen molar-refractivity contribution in [2.45, 2.75) is 68.8 Å². The zero-order chi connectivity index (χ0) is 32.3. The summed E-state index contributed by atoms with van der Waals surface area (Å²) in [6.07, 6.45) is 1.71. The van der Waals surface area contributed by atoms with Crippen LogP contribution in [0, 0.1) is 0 Å². The van der Waals surface area contributed by atoms with Crippen LogP contribution in [0.25, 0.3) is 5.69 Å². The quantitative estimate of drug-likeness (QED) is 0.0558. The number of nitrogens with one attached hydrogen (secondary N) is 2. The molecule has 1 aromatic heterocycles. The maximum atomic E-state index is 12.6. The van der Waals surface area contributed by atoms with Crippen LogP contribution in [0.15, 0.2) is 78.0 Å². The molecule has 3 atom stereocenters. The number of aromatic hydroxyl groups is 1. The molecule has 2 heterocycles. The second-order valence-electron chi connectivity index (χ2n) is 10.8. The van der Waals surface area contributed by atoms with Crippen molar-refractivity contribution in [3.63, 3.8) is 0 Å². The van der Waals surface area contributed by atoms with Gasteiger partial charge in [0.2, 0.25) is 17.0 Å². The molecule has 1 saturated heterocycles. The van der Waals surface area contributed by atoms with E-state index in [0.717, 1.165) is 16.7 Å². The SMILES string of the molecule is O=C(CCCCCC(=O)Nc1cccc([C@H]2O[C@@H](CSc3nnnn3-c3ccc(O)cc3)C[C@@H](c3ccc(CO)cc3)O2)c1)NO. The largest absolute Gasteiger partial charge is 0.508 e. The van der Waals surface area contributed by atoms with Crippen LogP contribution in [0.2, 0.25) is 0 Å². The fraction of sp³-hybridized carbons (Fsp3) is 0.344. The Morgan fingerprint density at radius 2 is 1.70 bits per heavy atom. The normalized spacial score (nSPS) is 17.8. The van der Waals surface area contributed by atoms with Crippen LogP contribution >= 0.6 is 11.8 Å². The number of amides is 2. The van der Waals surface area contributed by atoms with Gasteiger partial charge in [-0.25, -0.2) is 5.48 Å². The zero-order valence-corrected chi connectivity index (χ0v) is 25.8. The highest BCUT2D eigenvalue weighted by Gasteiger charge is 2.33. The lowest BCUT2D eigenvalue weighted by Crippen LogP contribution is -2.31. The molecule has 5 N–H and O–H groups in total. The Labute approximate surface area is 269 Å². The van der Waals surface area contributed by atoms with Gasteiger partial charge >= 0.3 is 0 Å². The number of phenolic OH excluding ortho intramolecular Hbond substituents is 1. The summed E-state index contributed by atoms with van der Waals surface area (Å²) in [6, 6.07) is 21.6. The van der Waals surface area contributed by atoms with E-state index < -0.39 is 12.2 Å². The van der Waals surface area contributed by atoms with Crippen molar-refractivity contribution in [2.75, 3.05) is 11.1 Å². The average molecular weight is 649 g/mol. The summed E-state index contributed by atoms with van der Waals surface area (Å²) in [5, 5.41) is 43.4. The lowest BCUT2D eigenvalue weighted by atomic mass is 10.0. The van der Waals surface area contributed by atoms with E-state index in [-0.39, 0.29) is 36.9 Å². The number of hydrogen-bond donors (Lipinski definition) is 5. The molecule has 4 aromatic rings. The highest BCUT2D eigenvalue weighted by molar-refractivity contribution is 7.99. The zero-order valence-electron chi connectivity index (χ0n) is 25.0.